The molecule has 0 saturated carbocycles. The van der Waals surface area contributed by atoms with Crippen LogP contribution in [0, 0.1) is 3.57 Å². The van der Waals surface area contributed by atoms with Crippen molar-refractivity contribution in [3.8, 4) is 0 Å². The van der Waals surface area contributed by atoms with Crippen LogP contribution in [-0.4, -0.2) is 16.5 Å². The Morgan fingerprint density at radius 3 is 2.28 bits per heavy atom. The van der Waals surface area contributed by atoms with Gasteiger partial charge in [0.25, 0.3) is 0 Å². The van der Waals surface area contributed by atoms with Gasteiger partial charge in [-0.1, -0.05) is 41.0 Å². The predicted molar refractivity (Wildman–Crippen MR) is 86.2 cm³/mol. The highest BCUT2D eigenvalue weighted by Gasteiger charge is 2.21. The maximum absolute atomic E-state index is 4.74. The van der Waals surface area contributed by atoms with Gasteiger partial charge in [-0.05, 0) is 35.4 Å². The normalized spacial score (nSPS) is 11.7. The summed E-state index contributed by atoms with van der Waals surface area (Å²) in [5.74, 6) is 1.94. The van der Waals surface area contributed by atoms with Crippen LogP contribution in [0.1, 0.15) is 59.0 Å². The van der Waals surface area contributed by atoms with Crippen molar-refractivity contribution in [1.29, 1.82) is 0 Å². The second-order valence-corrected chi connectivity index (χ2v) is 6.66. The monoisotopic (exact) mass is 361 g/mol. The average molecular weight is 361 g/mol. The van der Waals surface area contributed by atoms with E-state index in [1.807, 2.05) is 0 Å². The second-order valence-electron chi connectivity index (χ2n) is 5.58. The fourth-order valence-corrected chi connectivity index (χ4v) is 2.29. The molecule has 0 aliphatic rings. The van der Waals surface area contributed by atoms with Crippen LogP contribution in [0.5, 0.6) is 0 Å². The molecular formula is C14H24IN3. The molecule has 4 heteroatoms. The number of halogens is 1. The third-order valence-corrected chi connectivity index (χ3v) is 3.75. The van der Waals surface area contributed by atoms with E-state index in [9.17, 15) is 0 Å². The van der Waals surface area contributed by atoms with Gasteiger partial charge in [0.05, 0.1) is 9.26 Å². The third-order valence-electron chi connectivity index (χ3n) is 2.62. The highest BCUT2D eigenvalue weighted by molar-refractivity contribution is 14.1. The number of rotatable bonds is 5. The Hall–Kier alpha value is -0.390. The maximum atomic E-state index is 4.74. The van der Waals surface area contributed by atoms with E-state index in [0.717, 1.165) is 37.4 Å². The molecule has 0 amide bonds. The SMILES string of the molecule is CCCNc1nc(C(C)(C)C)nc(CCC)c1I. The minimum Gasteiger partial charge on any atom is -0.369 e. The maximum Gasteiger partial charge on any atom is 0.143 e. The van der Waals surface area contributed by atoms with E-state index >= 15 is 0 Å². The number of aromatic nitrogens is 2. The van der Waals surface area contributed by atoms with E-state index in [-0.39, 0.29) is 5.41 Å². The minimum absolute atomic E-state index is 0.00449. The summed E-state index contributed by atoms with van der Waals surface area (Å²) in [6.45, 7) is 11.8. The first-order chi connectivity index (χ1) is 8.40. The van der Waals surface area contributed by atoms with Gasteiger partial charge in [-0.3, -0.25) is 0 Å². The standard InChI is InChI=1S/C14H24IN3/c1-6-8-10-11(15)12(16-9-7-2)18-13(17-10)14(3,4)5/h6-9H2,1-5H3,(H,16,17,18). The van der Waals surface area contributed by atoms with Crippen LogP contribution in [0.2, 0.25) is 0 Å². The van der Waals surface area contributed by atoms with E-state index < -0.39 is 0 Å². The van der Waals surface area contributed by atoms with Crippen molar-refractivity contribution in [1.82, 2.24) is 9.97 Å². The Balaban J connectivity index is 3.18. The van der Waals surface area contributed by atoms with Gasteiger partial charge in [0.2, 0.25) is 0 Å². The summed E-state index contributed by atoms with van der Waals surface area (Å²) in [7, 11) is 0. The summed E-state index contributed by atoms with van der Waals surface area (Å²) in [5, 5.41) is 3.42. The first-order valence-corrected chi connectivity index (χ1v) is 7.78. The van der Waals surface area contributed by atoms with Crippen molar-refractivity contribution in [2.75, 3.05) is 11.9 Å². The summed E-state index contributed by atoms with van der Waals surface area (Å²) in [6, 6.07) is 0. The van der Waals surface area contributed by atoms with Gasteiger partial charge in [0.15, 0.2) is 0 Å². The third kappa shape index (κ3) is 4.07. The highest BCUT2D eigenvalue weighted by atomic mass is 127. The molecule has 0 radical (unpaired) electrons. The zero-order valence-corrected chi connectivity index (χ0v) is 14.3. The van der Waals surface area contributed by atoms with Crippen molar-refractivity contribution < 1.29 is 0 Å². The predicted octanol–water partition coefficient (Wildman–Crippen LogP) is 4.15. The Kier molecular flexibility index (Phi) is 5.82. The average Bonchev–Trinajstić information content (AvgIpc) is 2.29. The molecule has 1 aromatic heterocycles. The lowest BCUT2D eigenvalue weighted by atomic mass is 9.95. The van der Waals surface area contributed by atoms with Gasteiger partial charge < -0.3 is 5.32 Å². The van der Waals surface area contributed by atoms with Crippen molar-refractivity contribution in [2.24, 2.45) is 0 Å². The number of hydrogen-bond acceptors (Lipinski definition) is 3. The molecular weight excluding hydrogens is 337 g/mol. The molecule has 0 fully saturated rings. The van der Waals surface area contributed by atoms with E-state index in [2.05, 4.69) is 62.5 Å². The highest BCUT2D eigenvalue weighted by Crippen LogP contribution is 2.26. The van der Waals surface area contributed by atoms with Crippen LogP contribution in [0.3, 0.4) is 0 Å². The molecule has 0 unspecified atom stereocenters. The number of aryl methyl sites for hydroxylation is 1. The van der Waals surface area contributed by atoms with Crippen molar-refractivity contribution in [2.45, 2.75) is 59.3 Å². The molecule has 0 atom stereocenters. The zero-order valence-electron chi connectivity index (χ0n) is 12.1. The smallest absolute Gasteiger partial charge is 0.143 e. The van der Waals surface area contributed by atoms with E-state index in [0.29, 0.717) is 0 Å². The fourth-order valence-electron chi connectivity index (χ4n) is 1.59. The summed E-state index contributed by atoms with van der Waals surface area (Å²) < 4.78 is 1.18. The Bertz CT molecular complexity index is 397. The van der Waals surface area contributed by atoms with Gasteiger partial charge in [-0.25, -0.2) is 9.97 Å². The number of nitrogens with one attached hydrogen (secondary N) is 1. The van der Waals surface area contributed by atoms with Crippen LogP contribution in [0.4, 0.5) is 5.82 Å². The molecule has 1 rings (SSSR count). The molecule has 1 aromatic rings. The van der Waals surface area contributed by atoms with Crippen molar-refractivity contribution in [3.63, 3.8) is 0 Å². The summed E-state index contributed by atoms with van der Waals surface area (Å²) in [4.78, 5) is 9.44. The van der Waals surface area contributed by atoms with Crippen LogP contribution < -0.4 is 5.32 Å². The number of anilines is 1. The second kappa shape index (κ2) is 6.68. The summed E-state index contributed by atoms with van der Waals surface area (Å²) in [6.07, 6.45) is 3.24. The molecule has 18 heavy (non-hydrogen) atoms. The van der Waals surface area contributed by atoms with E-state index in [1.54, 1.807) is 0 Å². The molecule has 0 bridgehead atoms. The molecule has 102 valence electrons. The lowest BCUT2D eigenvalue weighted by Gasteiger charge is -2.20. The lowest BCUT2D eigenvalue weighted by Crippen LogP contribution is -2.20. The van der Waals surface area contributed by atoms with Gasteiger partial charge >= 0.3 is 0 Å². The largest absolute Gasteiger partial charge is 0.369 e. The van der Waals surface area contributed by atoms with Gasteiger partial charge in [-0.15, -0.1) is 0 Å². The number of nitrogens with zero attached hydrogens (tertiary/aromatic N) is 2. The molecule has 0 spiro atoms. The van der Waals surface area contributed by atoms with Crippen LogP contribution in [0.15, 0.2) is 0 Å². The minimum atomic E-state index is -0.00449. The van der Waals surface area contributed by atoms with Crippen LogP contribution in [0.25, 0.3) is 0 Å². The first-order valence-electron chi connectivity index (χ1n) is 6.70. The van der Waals surface area contributed by atoms with Crippen LogP contribution >= 0.6 is 22.6 Å². The van der Waals surface area contributed by atoms with E-state index in [1.165, 1.54) is 9.26 Å². The lowest BCUT2D eigenvalue weighted by molar-refractivity contribution is 0.540. The van der Waals surface area contributed by atoms with Crippen molar-refractivity contribution in [3.05, 3.63) is 15.1 Å². The Labute approximate surface area is 124 Å². The number of hydrogen-bond donors (Lipinski definition) is 1. The molecule has 1 heterocycles. The molecule has 1 N–H and O–H groups in total. The Morgan fingerprint density at radius 1 is 1.11 bits per heavy atom. The topological polar surface area (TPSA) is 37.8 Å². The van der Waals surface area contributed by atoms with Gasteiger partial charge in [0.1, 0.15) is 11.6 Å². The molecule has 0 aliphatic carbocycles. The Morgan fingerprint density at radius 2 is 1.78 bits per heavy atom. The van der Waals surface area contributed by atoms with Gasteiger partial charge in [0, 0.05) is 12.0 Å². The molecule has 0 aliphatic heterocycles. The molecule has 3 nitrogen and oxygen atoms in total. The summed E-state index contributed by atoms with van der Waals surface area (Å²) >= 11 is 2.36. The molecule has 0 saturated heterocycles. The fraction of sp³-hybridized carbons (Fsp3) is 0.714. The first kappa shape index (κ1) is 15.7. The van der Waals surface area contributed by atoms with Gasteiger partial charge in [-0.2, -0.15) is 0 Å². The van der Waals surface area contributed by atoms with E-state index in [4.69, 9.17) is 9.97 Å². The summed E-state index contributed by atoms with van der Waals surface area (Å²) in [5.41, 5.74) is 1.17. The quantitative estimate of drug-likeness (QED) is 0.801. The van der Waals surface area contributed by atoms with Crippen molar-refractivity contribution >= 4 is 28.4 Å². The zero-order chi connectivity index (χ0) is 13.8. The van der Waals surface area contributed by atoms with Crippen LogP contribution in [-0.2, 0) is 11.8 Å². The molecule has 0 aromatic carbocycles.